The molecule has 3 rings (SSSR count). The molecule has 2 aromatic carbocycles. The van der Waals surface area contributed by atoms with Crippen molar-refractivity contribution in [2.24, 2.45) is 0 Å². The van der Waals surface area contributed by atoms with E-state index in [1.165, 1.54) is 5.39 Å². The van der Waals surface area contributed by atoms with Crippen molar-refractivity contribution in [2.45, 2.75) is 12.7 Å². The zero-order valence-corrected chi connectivity index (χ0v) is 12.2. The van der Waals surface area contributed by atoms with Gasteiger partial charge in [-0.05, 0) is 28.0 Å². The lowest BCUT2D eigenvalue weighted by atomic mass is 9.99. The number of hydrogen-bond acceptors (Lipinski definition) is 4. The maximum absolute atomic E-state index is 10.6. The number of rotatable bonds is 6. The maximum atomic E-state index is 10.6. The van der Waals surface area contributed by atoms with E-state index in [1.54, 1.807) is 0 Å². The van der Waals surface area contributed by atoms with Crippen molar-refractivity contribution in [3.05, 3.63) is 47.5 Å². The largest absolute Gasteiger partial charge is 0.376 e. The minimum atomic E-state index is -3.97. The number of benzene rings is 2. The van der Waals surface area contributed by atoms with E-state index in [2.05, 4.69) is 6.07 Å². The highest BCUT2D eigenvalue weighted by Gasteiger charge is 2.26. The van der Waals surface area contributed by atoms with Gasteiger partial charge in [-0.25, -0.2) is 0 Å². The highest BCUT2D eigenvalue weighted by molar-refractivity contribution is 7.85. The zero-order chi connectivity index (χ0) is 14.9. The summed E-state index contributed by atoms with van der Waals surface area (Å²) in [5.74, 6) is -0.390. The van der Waals surface area contributed by atoms with Crippen LogP contribution in [0.15, 0.2) is 36.4 Å². The third kappa shape index (κ3) is 3.79. The van der Waals surface area contributed by atoms with Gasteiger partial charge in [-0.3, -0.25) is 4.55 Å². The van der Waals surface area contributed by atoms with Crippen molar-refractivity contribution >= 4 is 20.9 Å². The highest BCUT2D eigenvalue weighted by Crippen LogP contribution is 2.35. The Morgan fingerprint density at radius 2 is 2.05 bits per heavy atom. The first-order chi connectivity index (χ1) is 10.0. The van der Waals surface area contributed by atoms with Crippen LogP contribution in [-0.4, -0.2) is 31.9 Å². The van der Waals surface area contributed by atoms with Crippen LogP contribution >= 0.6 is 0 Å². The summed E-state index contributed by atoms with van der Waals surface area (Å²) in [4.78, 5) is 0. The Morgan fingerprint density at radius 3 is 2.76 bits per heavy atom. The van der Waals surface area contributed by atoms with Gasteiger partial charge < -0.3 is 9.47 Å². The summed E-state index contributed by atoms with van der Waals surface area (Å²) >= 11 is 0. The Bertz CT molecular complexity index is 750. The molecule has 1 N–H and O–H groups in total. The first-order valence-corrected chi connectivity index (χ1v) is 8.30. The molecule has 0 aliphatic carbocycles. The van der Waals surface area contributed by atoms with E-state index in [0.717, 1.165) is 23.1 Å². The highest BCUT2D eigenvalue weighted by atomic mass is 32.2. The number of hydrogen-bond donors (Lipinski definition) is 1. The Balaban J connectivity index is 1.76. The quantitative estimate of drug-likeness (QED) is 0.503. The summed E-state index contributed by atoms with van der Waals surface area (Å²) in [5.41, 5.74) is 2.11. The standard InChI is InChI=1S/C15H16O5S/c16-21(17,18)6-5-19-9-11-7-12-3-1-2-4-13(12)14(8-11)15-10-20-15/h1-4,7-8,15H,5-6,9-10H2,(H,16,17,18). The van der Waals surface area contributed by atoms with E-state index < -0.39 is 10.1 Å². The molecule has 112 valence electrons. The molecule has 1 atom stereocenters. The van der Waals surface area contributed by atoms with E-state index in [4.69, 9.17) is 14.0 Å². The topological polar surface area (TPSA) is 76.1 Å². The van der Waals surface area contributed by atoms with E-state index in [9.17, 15) is 8.42 Å². The molecule has 2 aromatic rings. The SMILES string of the molecule is O=S(=O)(O)CCOCc1cc(C2CO2)c2ccccc2c1. The van der Waals surface area contributed by atoms with Gasteiger partial charge in [0.1, 0.15) is 6.10 Å². The van der Waals surface area contributed by atoms with Gasteiger partial charge in [0.15, 0.2) is 0 Å². The summed E-state index contributed by atoms with van der Waals surface area (Å²) in [6.45, 7) is 1.01. The van der Waals surface area contributed by atoms with Crippen LogP contribution in [0, 0.1) is 0 Å². The molecular formula is C15H16O5S. The van der Waals surface area contributed by atoms with Crippen molar-refractivity contribution < 1.29 is 22.4 Å². The molecule has 0 spiro atoms. The summed E-state index contributed by atoms with van der Waals surface area (Å²) < 4.78 is 40.6. The number of fused-ring (bicyclic) bond motifs is 1. The molecule has 5 nitrogen and oxygen atoms in total. The van der Waals surface area contributed by atoms with Crippen molar-refractivity contribution in [3.8, 4) is 0 Å². The minimum Gasteiger partial charge on any atom is -0.376 e. The van der Waals surface area contributed by atoms with Gasteiger partial charge in [-0.15, -0.1) is 0 Å². The van der Waals surface area contributed by atoms with Crippen LogP contribution in [0.5, 0.6) is 0 Å². The van der Waals surface area contributed by atoms with Gasteiger partial charge >= 0.3 is 0 Å². The van der Waals surface area contributed by atoms with E-state index in [0.29, 0.717) is 6.61 Å². The molecule has 6 heteroatoms. The second kappa shape index (κ2) is 5.73. The van der Waals surface area contributed by atoms with Crippen LogP contribution in [0.3, 0.4) is 0 Å². The van der Waals surface area contributed by atoms with Crippen molar-refractivity contribution in [1.82, 2.24) is 0 Å². The fourth-order valence-electron chi connectivity index (χ4n) is 2.34. The molecule has 1 saturated heterocycles. The third-order valence-electron chi connectivity index (χ3n) is 3.39. The van der Waals surface area contributed by atoms with E-state index >= 15 is 0 Å². The Kier molecular flexibility index (Phi) is 3.95. The summed E-state index contributed by atoms with van der Waals surface area (Å²) in [6.07, 6.45) is 0.146. The summed E-state index contributed by atoms with van der Waals surface area (Å²) in [7, 11) is -3.97. The maximum Gasteiger partial charge on any atom is 0.267 e. The molecule has 0 radical (unpaired) electrons. The van der Waals surface area contributed by atoms with Gasteiger partial charge in [-0.1, -0.05) is 30.3 Å². The Morgan fingerprint density at radius 1 is 1.29 bits per heavy atom. The smallest absolute Gasteiger partial charge is 0.267 e. The predicted octanol–water partition coefficient (Wildman–Crippen LogP) is 2.32. The molecule has 0 amide bonds. The Hall–Kier alpha value is -1.47. The van der Waals surface area contributed by atoms with Gasteiger partial charge in [-0.2, -0.15) is 8.42 Å². The average molecular weight is 308 g/mol. The molecule has 0 saturated carbocycles. The summed E-state index contributed by atoms with van der Waals surface area (Å²) in [5, 5.41) is 2.28. The second-order valence-electron chi connectivity index (χ2n) is 5.07. The lowest BCUT2D eigenvalue weighted by Crippen LogP contribution is -2.10. The molecule has 0 aromatic heterocycles. The first kappa shape index (κ1) is 14.5. The van der Waals surface area contributed by atoms with Crippen LogP contribution in [0.1, 0.15) is 17.2 Å². The number of epoxide rings is 1. The molecular weight excluding hydrogens is 292 g/mol. The minimum absolute atomic E-state index is 0.0269. The lowest BCUT2D eigenvalue weighted by Gasteiger charge is -2.09. The van der Waals surface area contributed by atoms with Gasteiger partial charge in [0.2, 0.25) is 0 Å². The first-order valence-electron chi connectivity index (χ1n) is 6.69. The fourth-order valence-corrected chi connectivity index (χ4v) is 2.66. The van der Waals surface area contributed by atoms with E-state index in [1.807, 2.05) is 30.3 Å². The Labute approximate surface area is 123 Å². The normalized spacial score (nSPS) is 18.0. The fraction of sp³-hybridized carbons (Fsp3) is 0.333. The van der Waals surface area contributed by atoms with Crippen LogP contribution in [0.4, 0.5) is 0 Å². The van der Waals surface area contributed by atoms with E-state index in [-0.39, 0.29) is 18.5 Å². The average Bonchev–Trinajstić information content (AvgIpc) is 3.26. The molecule has 1 aliphatic rings. The van der Waals surface area contributed by atoms with Crippen LogP contribution < -0.4 is 0 Å². The van der Waals surface area contributed by atoms with Gasteiger partial charge in [0.25, 0.3) is 10.1 Å². The van der Waals surface area contributed by atoms with Crippen LogP contribution in [-0.2, 0) is 26.2 Å². The molecule has 1 fully saturated rings. The third-order valence-corrected chi connectivity index (χ3v) is 4.07. The number of ether oxygens (including phenoxy) is 2. The zero-order valence-electron chi connectivity index (χ0n) is 11.4. The molecule has 1 unspecified atom stereocenters. The lowest BCUT2D eigenvalue weighted by molar-refractivity contribution is 0.134. The molecule has 1 heterocycles. The van der Waals surface area contributed by atoms with Crippen molar-refractivity contribution in [2.75, 3.05) is 19.0 Å². The molecule has 21 heavy (non-hydrogen) atoms. The van der Waals surface area contributed by atoms with Crippen LogP contribution in [0.25, 0.3) is 10.8 Å². The predicted molar refractivity (Wildman–Crippen MR) is 78.7 cm³/mol. The summed E-state index contributed by atoms with van der Waals surface area (Å²) in [6, 6.07) is 12.1. The van der Waals surface area contributed by atoms with Crippen LogP contribution in [0.2, 0.25) is 0 Å². The molecule has 0 bridgehead atoms. The van der Waals surface area contributed by atoms with Gasteiger partial charge in [0, 0.05) is 0 Å². The van der Waals surface area contributed by atoms with Gasteiger partial charge in [0.05, 0.1) is 25.6 Å². The van der Waals surface area contributed by atoms with Crippen molar-refractivity contribution in [1.29, 1.82) is 0 Å². The second-order valence-corrected chi connectivity index (χ2v) is 6.64. The van der Waals surface area contributed by atoms with Crippen molar-refractivity contribution in [3.63, 3.8) is 0 Å². The molecule has 1 aliphatic heterocycles. The monoisotopic (exact) mass is 308 g/mol.